The Morgan fingerprint density at radius 2 is 2.00 bits per heavy atom. The maximum Gasteiger partial charge on any atom is 0.240 e. The third kappa shape index (κ3) is 2.65. The summed E-state index contributed by atoms with van der Waals surface area (Å²) in [7, 11) is 0. The van der Waals surface area contributed by atoms with Gasteiger partial charge in [0, 0.05) is 6.54 Å². The average molecular weight is 238 g/mol. The van der Waals surface area contributed by atoms with Gasteiger partial charge in [-0.25, -0.2) is 0 Å². The number of hydrogen-bond donors (Lipinski definition) is 2. The molecule has 0 aliphatic heterocycles. The summed E-state index contributed by atoms with van der Waals surface area (Å²) in [5.74, 6) is 0.461. The van der Waals surface area contributed by atoms with Gasteiger partial charge in [-0.05, 0) is 50.4 Å². The molecule has 3 heteroatoms. The SMILES string of the molecule is CCC1(CNC(=O)C(C)(N)C2CC2)CCCC1. The van der Waals surface area contributed by atoms with E-state index in [1.807, 2.05) is 6.92 Å². The summed E-state index contributed by atoms with van der Waals surface area (Å²) in [6.45, 7) is 4.94. The van der Waals surface area contributed by atoms with Crippen molar-refractivity contribution >= 4 is 5.91 Å². The van der Waals surface area contributed by atoms with Crippen LogP contribution >= 0.6 is 0 Å². The van der Waals surface area contributed by atoms with Gasteiger partial charge in [0.25, 0.3) is 0 Å². The van der Waals surface area contributed by atoms with Gasteiger partial charge in [0.2, 0.25) is 5.91 Å². The molecule has 98 valence electrons. The smallest absolute Gasteiger partial charge is 0.240 e. The first-order valence-corrected chi connectivity index (χ1v) is 7.07. The van der Waals surface area contributed by atoms with E-state index >= 15 is 0 Å². The minimum Gasteiger partial charge on any atom is -0.354 e. The minimum absolute atomic E-state index is 0.0553. The van der Waals surface area contributed by atoms with Crippen LogP contribution in [0.1, 0.15) is 58.8 Å². The minimum atomic E-state index is -0.645. The van der Waals surface area contributed by atoms with Gasteiger partial charge in [-0.15, -0.1) is 0 Å². The van der Waals surface area contributed by atoms with Crippen LogP contribution in [0.25, 0.3) is 0 Å². The molecule has 17 heavy (non-hydrogen) atoms. The highest BCUT2D eigenvalue weighted by molar-refractivity contribution is 5.86. The van der Waals surface area contributed by atoms with Crippen LogP contribution in [-0.2, 0) is 4.79 Å². The summed E-state index contributed by atoms with van der Waals surface area (Å²) in [6, 6.07) is 0. The Kier molecular flexibility index (Phi) is 3.48. The van der Waals surface area contributed by atoms with E-state index in [1.54, 1.807) is 0 Å². The first-order valence-electron chi connectivity index (χ1n) is 7.07. The number of hydrogen-bond acceptors (Lipinski definition) is 2. The average Bonchev–Trinajstić information content (AvgIpc) is 3.07. The molecule has 0 saturated heterocycles. The van der Waals surface area contributed by atoms with Gasteiger partial charge in [-0.3, -0.25) is 4.79 Å². The van der Waals surface area contributed by atoms with E-state index < -0.39 is 5.54 Å². The second kappa shape index (κ2) is 4.60. The Bertz CT molecular complexity index is 289. The Morgan fingerprint density at radius 3 is 2.47 bits per heavy atom. The number of carbonyl (C=O) groups excluding carboxylic acids is 1. The third-order valence-electron chi connectivity index (χ3n) is 4.95. The van der Waals surface area contributed by atoms with Crippen molar-refractivity contribution in [1.29, 1.82) is 0 Å². The Hall–Kier alpha value is -0.570. The number of nitrogens with one attached hydrogen (secondary N) is 1. The number of amides is 1. The van der Waals surface area contributed by atoms with Crippen molar-refractivity contribution in [3.8, 4) is 0 Å². The van der Waals surface area contributed by atoms with Crippen LogP contribution < -0.4 is 11.1 Å². The quantitative estimate of drug-likeness (QED) is 0.771. The maximum atomic E-state index is 12.1. The lowest BCUT2D eigenvalue weighted by Gasteiger charge is -2.30. The highest BCUT2D eigenvalue weighted by Gasteiger charge is 2.44. The fourth-order valence-corrected chi connectivity index (χ4v) is 3.11. The van der Waals surface area contributed by atoms with E-state index in [-0.39, 0.29) is 5.91 Å². The monoisotopic (exact) mass is 238 g/mol. The van der Waals surface area contributed by atoms with Crippen molar-refractivity contribution in [2.45, 2.75) is 64.3 Å². The molecule has 1 amide bonds. The molecule has 1 atom stereocenters. The molecule has 0 heterocycles. The number of rotatable bonds is 5. The van der Waals surface area contributed by atoms with Crippen LogP contribution in [0.2, 0.25) is 0 Å². The molecule has 3 N–H and O–H groups in total. The first-order chi connectivity index (χ1) is 8.00. The van der Waals surface area contributed by atoms with E-state index in [1.165, 1.54) is 25.7 Å². The molecule has 2 aliphatic carbocycles. The van der Waals surface area contributed by atoms with Crippen LogP contribution in [0, 0.1) is 11.3 Å². The van der Waals surface area contributed by atoms with E-state index in [9.17, 15) is 4.79 Å². The molecule has 2 fully saturated rings. The summed E-state index contributed by atoms with van der Waals surface area (Å²) in [5, 5.41) is 3.11. The van der Waals surface area contributed by atoms with Gasteiger partial charge in [0.05, 0.1) is 5.54 Å². The summed E-state index contributed by atoms with van der Waals surface area (Å²) in [4.78, 5) is 12.1. The molecule has 0 aromatic carbocycles. The van der Waals surface area contributed by atoms with Gasteiger partial charge in [0.15, 0.2) is 0 Å². The first kappa shape index (κ1) is 12.9. The molecule has 2 aliphatic rings. The predicted octanol–water partition coefficient (Wildman–Crippen LogP) is 2.20. The van der Waals surface area contributed by atoms with Gasteiger partial charge < -0.3 is 11.1 Å². The lowest BCUT2D eigenvalue weighted by molar-refractivity contribution is -0.127. The molecule has 2 rings (SSSR count). The molecule has 0 spiro atoms. The van der Waals surface area contributed by atoms with E-state index in [4.69, 9.17) is 5.73 Å². The van der Waals surface area contributed by atoms with Crippen molar-refractivity contribution in [3.05, 3.63) is 0 Å². The zero-order chi connectivity index (χ0) is 12.5. The fraction of sp³-hybridized carbons (Fsp3) is 0.929. The van der Waals surface area contributed by atoms with Gasteiger partial charge in [-0.2, -0.15) is 0 Å². The Balaban J connectivity index is 1.86. The molecule has 0 bridgehead atoms. The van der Waals surface area contributed by atoms with Gasteiger partial charge >= 0.3 is 0 Å². The van der Waals surface area contributed by atoms with E-state index in [2.05, 4.69) is 12.2 Å². The largest absolute Gasteiger partial charge is 0.354 e. The Labute approximate surface area is 105 Å². The van der Waals surface area contributed by atoms with Crippen molar-refractivity contribution in [3.63, 3.8) is 0 Å². The number of carbonyl (C=O) groups is 1. The molecule has 3 nitrogen and oxygen atoms in total. The molecule has 0 radical (unpaired) electrons. The van der Waals surface area contributed by atoms with Gasteiger partial charge in [-0.1, -0.05) is 19.8 Å². The van der Waals surface area contributed by atoms with Crippen LogP contribution in [0.3, 0.4) is 0 Å². The van der Waals surface area contributed by atoms with Crippen molar-refractivity contribution in [1.82, 2.24) is 5.32 Å². The summed E-state index contributed by atoms with van der Waals surface area (Å²) in [5.41, 5.74) is 5.83. The third-order valence-corrected chi connectivity index (χ3v) is 4.95. The Morgan fingerprint density at radius 1 is 1.41 bits per heavy atom. The van der Waals surface area contributed by atoms with Crippen molar-refractivity contribution in [2.75, 3.05) is 6.54 Å². The van der Waals surface area contributed by atoms with Crippen LogP contribution in [0.5, 0.6) is 0 Å². The lowest BCUT2D eigenvalue weighted by Crippen LogP contribution is -2.55. The van der Waals surface area contributed by atoms with E-state index in [0.717, 1.165) is 25.8 Å². The van der Waals surface area contributed by atoms with Crippen molar-refractivity contribution < 1.29 is 4.79 Å². The summed E-state index contributed by atoms with van der Waals surface area (Å²) in [6.07, 6.45) is 8.53. The van der Waals surface area contributed by atoms with Crippen LogP contribution in [0.15, 0.2) is 0 Å². The standard InChI is InChI=1S/C14H26N2O/c1-3-14(8-4-5-9-14)10-16-12(17)13(2,15)11-6-7-11/h11H,3-10,15H2,1-2H3,(H,16,17). The zero-order valence-electron chi connectivity index (χ0n) is 11.2. The summed E-state index contributed by atoms with van der Waals surface area (Å²) >= 11 is 0. The van der Waals surface area contributed by atoms with E-state index in [0.29, 0.717) is 11.3 Å². The highest BCUT2D eigenvalue weighted by Crippen LogP contribution is 2.41. The summed E-state index contributed by atoms with van der Waals surface area (Å²) < 4.78 is 0. The predicted molar refractivity (Wildman–Crippen MR) is 69.5 cm³/mol. The molecule has 2 saturated carbocycles. The molecular formula is C14H26N2O. The molecular weight excluding hydrogens is 212 g/mol. The topological polar surface area (TPSA) is 55.1 Å². The lowest BCUT2D eigenvalue weighted by atomic mass is 9.83. The molecule has 0 aromatic rings. The fourth-order valence-electron chi connectivity index (χ4n) is 3.11. The van der Waals surface area contributed by atoms with Crippen LogP contribution in [0.4, 0.5) is 0 Å². The molecule has 1 unspecified atom stereocenters. The van der Waals surface area contributed by atoms with Crippen LogP contribution in [-0.4, -0.2) is 18.0 Å². The maximum absolute atomic E-state index is 12.1. The normalized spacial score (nSPS) is 26.5. The highest BCUT2D eigenvalue weighted by atomic mass is 16.2. The van der Waals surface area contributed by atoms with Gasteiger partial charge in [0.1, 0.15) is 0 Å². The molecule has 0 aromatic heterocycles. The number of nitrogens with two attached hydrogens (primary N) is 1. The second-order valence-electron chi connectivity index (χ2n) is 6.30. The zero-order valence-corrected chi connectivity index (χ0v) is 11.2. The second-order valence-corrected chi connectivity index (χ2v) is 6.30. The van der Waals surface area contributed by atoms with Crippen molar-refractivity contribution in [2.24, 2.45) is 17.1 Å².